The normalized spacial score (nSPS) is 15.6. The summed E-state index contributed by atoms with van der Waals surface area (Å²) < 4.78 is 18.4. The lowest BCUT2D eigenvalue weighted by Gasteiger charge is -2.26. The molecular weight excluding hydrogens is 396 g/mol. The lowest BCUT2D eigenvalue weighted by Crippen LogP contribution is -2.21. The van der Waals surface area contributed by atoms with Gasteiger partial charge in [-0.1, -0.05) is 12.1 Å². The van der Waals surface area contributed by atoms with Gasteiger partial charge in [0.2, 0.25) is 5.88 Å². The summed E-state index contributed by atoms with van der Waals surface area (Å²) in [5, 5.41) is 4.59. The first-order valence-corrected chi connectivity index (χ1v) is 9.85. The van der Waals surface area contributed by atoms with Crippen LogP contribution in [0.25, 0.3) is 5.65 Å². The molecule has 1 aliphatic heterocycles. The number of methoxy groups -OCH3 is 1. The zero-order valence-corrected chi connectivity index (χ0v) is 17.3. The lowest BCUT2D eigenvalue weighted by atomic mass is 9.85. The number of fused-ring (bicyclic) bond motifs is 3. The number of hydrogen-bond donors (Lipinski definition) is 0. The molecule has 0 amide bonds. The molecule has 0 fully saturated rings. The van der Waals surface area contributed by atoms with Crippen LogP contribution in [0.15, 0.2) is 64.7 Å². The van der Waals surface area contributed by atoms with E-state index in [4.69, 9.17) is 18.9 Å². The molecule has 0 N–H and O–H groups in total. The maximum atomic E-state index is 12.5. The minimum absolute atomic E-state index is 0.0930. The first-order chi connectivity index (χ1) is 15.0. The van der Waals surface area contributed by atoms with Crippen molar-refractivity contribution in [2.45, 2.75) is 26.2 Å². The fourth-order valence-electron chi connectivity index (χ4n) is 3.98. The van der Waals surface area contributed by atoms with Gasteiger partial charge in [0, 0.05) is 12.0 Å². The molecule has 8 nitrogen and oxygen atoms in total. The van der Waals surface area contributed by atoms with Crippen molar-refractivity contribution in [3.05, 3.63) is 83.0 Å². The summed E-state index contributed by atoms with van der Waals surface area (Å²) in [4.78, 5) is 21.7. The Hall–Kier alpha value is -3.94. The van der Waals surface area contributed by atoms with E-state index in [1.54, 1.807) is 37.2 Å². The topological polar surface area (TPSA) is 91.8 Å². The lowest BCUT2D eigenvalue weighted by molar-refractivity contribution is -0.114. The number of carbonyl (C=O) groups excluding carboxylic acids is 1. The van der Waals surface area contributed by atoms with Crippen LogP contribution in [-0.2, 0) is 11.2 Å². The third-order valence-corrected chi connectivity index (χ3v) is 5.37. The van der Waals surface area contributed by atoms with Crippen molar-refractivity contribution in [3.63, 3.8) is 0 Å². The minimum atomic E-state index is -0.467. The number of rotatable bonds is 5. The van der Waals surface area contributed by atoms with Gasteiger partial charge in [-0.2, -0.15) is 0 Å². The Kier molecular flexibility index (Phi) is 4.54. The van der Waals surface area contributed by atoms with Gasteiger partial charge >= 0.3 is 0 Å². The number of benzene rings is 1. The van der Waals surface area contributed by atoms with E-state index >= 15 is 0 Å². The molecule has 1 aromatic carbocycles. The molecule has 0 aliphatic carbocycles. The Morgan fingerprint density at radius 1 is 1.23 bits per heavy atom. The van der Waals surface area contributed by atoms with Crippen molar-refractivity contribution >= 4 is 11.4 Å². The average Bonchev–Trinajstić information content (AvgIpc) is 3.42. The van der Waals surface area contributed by atoms with Gasteiger partial charge in [0.1, 0.15) is 23.6 Å². The molecule has 3 aromatic heterocycles. The summed E-state index contributed by atoms with van der Waals surface area (Å²) in [5.41, 5.74) is 2.83. The molecule has 0 unspecified atom stereocenters. The van der Waals surface area contributed by atoms with Crippen LogP contribution < -0.4 is 9.47 Å². The molecule has 4 aromatic rings. The smallest absolute Gasteiger partial charge is 0.228 e. The fraction of sp³-hybridized carbons (Fsp3) is 0.217. The van der Waals surface area contributed by atoms with Crippen LogP contribution in [-0.4, -0.2) is 32.5 Å². The standard InChI is InChI=1S/C23H20N4O4/c1-13(28)19-14(2)31-23-21(20(19)17-5-4-10-30-17)22-25-18(26-27(22)12-24-23)11-15-6-8-16(29-3)9-7-15/h4-10,12,20H,11H2,1-3H3/t20-/m1/s1. The third kappa shape index (κ3) is 3.26. The summed E-state index contributed by atoms with van der Waals surface area (Å²) in [6.45, 7) is 3.29. The second-order valence-electron chi connectivity index (χ2n) is 7.36. The Balaban J connectivity index is 1.63. The molecule has 4 heterocycles. The largest absolute Gasteiger partial charge is 0.497 e. The van der Waals surface area contributed by atoms with Gasteiger partial charge in [-0.25, -0.2) is 14.5 Å². The molecule has 31 heavy (non-hydrogen) atoms. The Bertz CT molecular complexity index is 1300. The highest BCUT2D eigenvalue weighted by Gasteiger charge is 2.37. The van der Waals surface area contributed by atoms with Crippen LogP contribution in [0.4, 0.5) is 0 Å². The van der Waals surface area contributed by atoms with Crippen LogP contribution in [0, 0.1) is 0 Å². The van der Waals surface area contributed by atoms with Gasteiger partial charge in [-0.15, -0.1) is 5.10 Å². The average molecular weight is 416 g/mol. The number of allylic oxidation sites excluding steroid dienone is 2. The van der Waals surface area contributed by atoms with E-state index in [1.165, 1.54) is 6.92 Å². The Labute approximate surface area is 178 Å². The monoisotopic (exact) mass is 416 g/mol. The summed E-state index contributed by atoms with van der Waals surface area (Å²) in [5.74, 6) is 2.41. The second-order valence-corrected chi connectivity index (χ2v) is 7.36. The number of Topliss-reactive ketones (excluding diaryl/α,β-unsaturated/α-hetero) is 1. The highest BCUT2D eigenvalue weighted by molar-refractivity contribution is 5.97. The van der Waals surface area contributed by atoms with E-state index in [-0.39, 0.29) is 5.78 Å². The molecule has 0 bridgehead atoms. The van der Waals surface area contributed by atoms with E-state index in [1.807, 2.05) is 30.3 Å². The number of hydrogen-bond acceptors (Lipinski definition) is 7. The second kappa shape index (κ2) is 7.39. The predicted molar refractivity (Wildman–Crippen MR) is 111 cm³/mol. The zero-order valence-electron chi connectivity index (χ0n) is 17.3. The van der Waals surface area contributed by atoms with Crippen LogP contribution in [0.3, 0.4) is 0 Å². The number of nitrogens with zero attached hydrogens (tertiary/aromatic N) is 4. The summed E-state index contributed by atoms with van der Waals surface area (Å²) in [7, 11) is 1.64. The number of aromatic nitrogens is 4. The van der Waals surface area contributed by atoms with Gasteiger partial charge < -0.3 is 13.9 Å². The number of ketones is 1. The highest BCUT2D eigenvalue weighted by Crippen LogP contribution is 2.44. The van der Waals surface area contributed by atoms with Gasteiger partial charge in [-0.05, 0) is 43.7 Å². The van der Waals surface area contributed by atoms with Crippen molar-refractivity contribution in [3.8, 4) is 11.6 Å². The molecule has 0 spiro atoms. The molecular formula is C23H20N4O4. The predicted octanol–water partition coefficient (Wildman–Crippen LogP) is 3.70. The van der Waals surface area contributed by atoms with E-state index in [0.29, 0.717) is 46.4 Å². The molecule has 1 atom stereocenters. The Morgan fingerprint density at radius 3 is 2.71 bits per heavy atom. The van der Waals surface area contributed by atoms with Gasteiger partial charge in [0.05, 0.1) is 24.9 Å². The maximum absolute atomic E-state index is 12.5. The number of carbonyl (C=O) groups is 1. The molecule has 0 saturated carbocycles. The van der Waals surface area contributed by atoms with E-state index in [2.05, 4.69) is 10.1 Å². The van der Waals surface area contributed by atoms with Crippen molar-refractivity contribution in [2.75, 3.05) is 7.11 Å². The Morgan fingerprint density at radius 2 is 2.03 bits per heavy atom. The SMILES string of the molecule is COc1ccc(Cc2nc3c4c(ncn3n2)OC(C)=C(C(C)=O)[C@H]4c2ccco2)cc1. The van der Waals surface area contributed by atoms with Crippen LogP contribution in [0.2, 0.25) is 0 Å². The van der Waals surface area contributed by atoms with Gasteiger partial charge in [0.25, 0.3) is 0 Å². The van der Waals surface area contributed by atoms with Gasteiger partial charge in [0.15, 0.2) is 17.3 Å². The summed E-state index contributed by atoms with van der Waals surface area (Å²) in [6, 6.07) is 11.4. The van der Waals surface area contributed by atoms with Crippen molar-refractivity contribution < 1.29 is 18.7 Å². The molecule has 0 radical (unpaired) electrons. The number of ether oxygens (including phenoxy) is 2. The molecule has 5 rings (SSSR count). The van der Waals surface area contributed by atoms with Crippen LogP contribution in [0.5, 0.6) is 11.6 Å². The van der Waals surface area contributed by atoms with Gasteiger partial charge in [-0.3, -0.25) is 4.79 Å². The minimum Gasteiger partial charge on any atom is -0.497 e. The first-order valence-electron chi connectivity index (χ1n) is 9.85. The van der Waals surface area contributed by atoms with E-state index < -0.39 is 5.92 Å². The van der Waals surface area contributed by atoms with Crippen molar-refractivity contribution in [1.82, 2.24) is 19.6 Å². The maximum Gasteiger partial charge on any atom is 0.228 e. The summed E-state index contributed by atoms with van der Waals surface area (Å²) in [6.07, 6.45) is 3.70. The van der Waals surface area contributed by atoms with Crippen molar-refractivity contribution in [1.29, 1.82) is 0 Å². The third-order valence-electron chi connectivity index (χ3n) is 5.37. The molecule has 1 aliphatic rings. The molecule has 156 valence electrons. The first kappa shape index (κ1) is 19.0. The quantitative estimate of drug-likeness (QED) is 0.490. The highest BCUT2D eigenvalue weighted by atomic mass is 16.5. The van der Waals surface area contributed by atoms with Crippen LogP contribution in [0.1, 0.15) is 42.5 Å². The van der Waals surface area contributed by atoms with Crippen molar-refractivity contribution in [2.24, 2.45) is 0 Å². The molecule has 0 saturated heterocycles. The zero-order chi connectivity index (χ0) is 21.5. The summed E-state index contributed by atoms with van der Waals surface area (Å²) >= 11 is 0. The fourth-order valence-corrected chi connectivity index (χ4v) is 3.98. The van der Waals surface area contributed by atoms with E-state index in [0.717, 1.165) is 11.3 Å². The number of furan rings is 1. The van der Waals surface area contributed by atoms with Crippen LogP contribution >= 0.6 is 0 Å². The van der Waals surface area contributed by atoms with E-state index in [9.17, 15) is 4.79 Å². The molecule has 8 heteroatoms.